The molecule has 0 aliphatic carbocycles. The molecule has 0 saturated carbocycles. The molecular weight excluding hydrogens is 365 g/mol. The minimum atomic E-state index is -4.55. The zero-order valence-electron chi connectivity index (χ0n) is 14.7. The van der Waals surface area contributed by atoms with E-state index in [1.807, 2.05) is 31.2 Å². The molecule has 0 radical (unpaired) electrons. The maximum absolute atomic E-state index is 14.0. The van der Waals surface area contributed by atoms with E-state index in [2.05, 4.69) is 19.9 Å². The third kappa shape index (κ3) is 2.51. The third-order valence-corrected chi connectivity index (χ3v) is 4.79. The molecule has 5 aromatic rings. The van der Waals surface area contributed by atoms with Gasteiger partial charge in [-0.3, -0.25) is 0 Å². The molecule has 3 aromatic carbocycles. The highest BCUT2D eigenvalue weighted by atomic mass is 19.4. The van der Waals surface area contributed by atoms with Gasteiger partial charge in [-0.2, -0.15) is 13.2 Å². The van der Waals surface area contributed by atoms with E-state index in [0.29, 0.717) is 22.3 Å². The second-order valence-electron chi connectivity index (χ2n) is 6.69. The summed E-state index contributed by atoms with van der Waals surface area (Å²) in [5.74, 6) is 0.411. The van der Waals surface area contributed by atoms with Gasteiger partial charge >= 0.3 is 6.18 Å². The Labute approximate surface area is 157 Å². The number of benzene rings is 3. The lowest BCUT2D eigenvalue weighted by Crippen LogP contribution is -2.08. The van der Waals surface area contributed by atoms with Gasteiger partial charge in [-0.05, 0) is 35.9 Å². The van der Waals surface area contributed by atoms with E-state index in [1.54, 1.807) is 18.2 Å². The number of aromatic nitrogens is 4. The Bertz CT molecular complexity index is 1340. The molecule has 0 unspecified atom stereocenters. The quantitative estimate of drug-likeness (QED) is 0.383. The zero-order chi connectivity index (χ0) is 19.5. The number of para-hydroxylation sites is 2. The van der Waals surface area contributed by atoms with Crippen LogP contribution < -0.4 is 0 Å². The Morgan fingerprint density at radius 1 is 0.929 bits per heavy atom. The Morgan fingerprint density at radius 2 is 1.75 bits per heavy atom. The Morgan fingerprint density at radius 3 is 2.54 bits per heavy atom. The standard InChI is InChI=1S/C21H13F3N4/c1-11-6-7-13-12(8-11)9-14-18(17(13)21(22,23)24)25-10-26-19(14)20-27-15-4-2-3-5-16(15)28-20/h2-10H,1H3,(H,27,28). The largest absolute Gasteiger partial charge is 0.419 e. The minimum Gasteiger partial charge on any atom is -0.337 e. The van der Waals surface area contributed by atoms with Gasteiger partial charge in [0.05, 0.1) is 22.1 Å². The topological polar surface area (TPSA) is 54.5 Å². The number of halogens is 3. The van der Waals surface area contributed by atoms with Crippen LogP contribution in [0.1, 0.15) is 11.1 Å². The van der Waals surface area contributed by atoms with Crippen molar-refractivity contribution in [2.45, 2.75) is 13.1 Å². The Kier molecular flexibility index (Phi) is 3.43. The van der Waals surface area contributed by atoms with Crippen molar-refractivity contribution in [2.75, 3.05) is 0 Å². The number of hydrogen-bond acceptors (Lipinski definition) is 3. The maximum atomic E-state index is 14.0. The van der Waals surface area contributed by atoms with Crippen LogP contribution in [-0.2, 0) is 6.18 Å². The second kappa shape index (κ2) is 5.76. The van der Waals surface area contributed by atoms with Crippen molar-refractivity contribution in [2.24, 2.45) is 0 Å². The van der Waals surface area contributed by atoms with Crippen molar-refractivity contribution in [1.29, 1.82) is 0 Å². The molecule has 2 heterocycles. The molecular formula is C21H13F3N4. The number of rotatable bonds is 1. The maximum Gasteiger partial charge on any atom is 0.419 e. The highest BCUT2D eigenvalue weighted by Gasteiger charge is 2.36. The molecule has 2 aromatic heterocycles. The second-order valence-corrected chi connectivity index (χ2v) is 6.69. The van der Waals surface area contributed by atoms with Crippen molar-refractivity contribution in [3.8, 4) is 11.5 Å². The summed E-state index contributed by atoms with van der Waals surface area (Å²) in [6.45, 7) is 1.85. The monoisotopic (exact) mass is 378 g/mol. The smallest absolute Gasteiger partial charge is 0.337 e. The van der Waals surface area contributed by atoms with Crippen LogP contribution in [0.5, 0.6) is 0 Å². The number of nitrogens with zero attached hydrogens (tertiary/aromatic N) is 3. The highest BCUT2D eigenvalue weighted by Crippen LogP contribution is 2.41. The normalized spacial score (nSPS) is 12.3. The SMILES string of the molecule is Cc1ccc2c(C(F)(F)F)c3ncnc(-c4nc5ccccc5[nH]4)c3cc2c1. The first-order valence-electron chi connectivity index (χ1n) is 8.62. The Hall–Kier alpha value is -3.48. The summed E-state index contributed by atoms with van der Waals surface area (Å²) in [6.07, 6.45) is -3.40. The van der Waals surface area contributed by atoms with E-state index < -0.39 is 11.7 Å². The molecule has 138 valence electrons. The average Bonchev–Trinajstić information content (AvgIpc) is 3.08. The van der Waals surface area contributed by atoms with Crippen LogP contribution in [0.15, 0.2) is 54.9 Å². The lowest BCUT2D eigenvalue weighted by atomic mass is 9.97. The first-order valence-corrected chi connectivity index (χ1v) is 8.62. The molecule has 0 aliphatic rings. The van der Waals surface area contributed by atoms with Gasteiger partial charge < -0.3 is 4.98 Å². The molecule has 0 bridgehead atoms. The van der Waals surface area contributed by atoms with Crippen LogP contribution in [0, 0.1) is 6.92 Å². The number of hydrogen-bond donors (Lipinski definition) is 1. The number of nitrogens with one attached hydrogen (secondary N) is 1. The van der Waals surface area contributed by atoms with E-state index >= 15 is 0 Å². The molecule has 0 amide bonds. The number of alkyl halides is 3. The fourth-order valence-electron chi connectivity index (χ4n) is 3.58. The first kappa shape index (κ1) is 16.7. The molecule has 0 spiro atoms. The summed E-state index contributed by atoms with van der Waals surface area (Å²) in [7, 11) is 0. The zero-order valence-corrected chi connectivity index (χ0v) is 14.7. The number of aromatic amines is 1. The van der Waals surface area contributed by atoms with Crippen LogP contribution in [0.25, 0.3) is 44.2 Å². The number of H-pyrrole nitrogens is 1. The fraction of sp³-hybridized carbons (Fsp3) is 0.0952. The minimum absolute atomic E-state index is 0.125. The van der Waals surface area contributed by atoms with E-state index in [-0.39, 0.29) is 10.9 Å². The van der Waals surface area contributed by atoms with Crippen LogP contribution in [0.4, 0.5) is 13.2 Å². The van der Waals surface area contributed by atoms with E-state index in [1.165, 1.54) is 6.07 Å². The predicted octanol–water partition coefficient (Wildman–Crippen LogP) is 5.65. The third-order valence-electron chi connectivity index (χ3n) is 4.79. The molecule has 28 heavy (non-hydrogen) atoms. The summed E-state index contributed by atoms with van der Waals surface area (Å²) in [5.41, 5.74) is 1.85. The van der Waals surface area contributed by atoms with Crippen LogP contribution >= 0.6 is 0 Å². The first-order chi connectivity index (χ1) is 13.4. The molecule has 7 heteroatoms. The van der Waals surface area contributed by atoms with Crippen molar-refractivity contribution in [1.82, 2.24) is 19.9 Å². The van der Waals surface area contributed by atoms with Crippen molar-refractivity contribution >= 4 is 32.7 Å². The van der Waals surface area contributed by atoms with Gasteiger partial charge in [0.25, 0.3) is 0 Å². The van der Waals surface area contributed by atoms with E-state index in [0.717, 1.165) is 22.9 Å². The summed E-state index contributed by atoms with van der Waals surface area (Å²) < 4.78 is 41.9. The average molecular weight is 378 g/mol. The highest BCUT2D eigenvalue weighted by molar-refractivity contribution is 6.05. The van der Waals surface area contributed by atoms with Crippen molar-refractivity contribution < 1.29 is 13.2 Å². The van der Waals surface area contributed by atoms with Gasteiger partial charge in [0.1, 0.15) is 12.0 Å². The van der Waals surface area contributed by atoms with Crippen molar-refractivity contribution in [3.63, 3.8) is 0 Å². The molecule has 0 fully saturated rings. The molecule has 0 saturated heterocycles. The number of fused-ring (bicyclic) bond motifs is 3. The van der Waals surface area contributed by atoms with Gasteiger partial charge in [0.2, 0.25) is 0 Å². The molecule has 4 nitrogen and oxygen atoms in total. The number of aryl methyl sites for hydroxylation is 1. The molecule has 0 atom stereocenters. The molecule has 1 N–H and O–H groups in total. The van der Waals surface area contributed by atoms with Crippen molar-refractivity contribution in [3.05, 3.63) is 66.0 Å². The van der Waals surface area contributed by atoms with Crippen LogP contribution in [-0.4, -0.2) is 19.9 Å². The summed E-state index contributed by atoms with van der Waals surface area (Å²) in [4.78, 5) is 15.9. The fourth-order valence-corrected chi connectivity index (χ4v) is 3.58. The predicted molar refractivity (Wildman–Crippen MR) is 102 cm³/mol. The summed E-state index contributed by atoms with van der Waals surface area (Å²) in [5, 5.41) is 0.929. The van der Waals surface area contributed by atoms with E-state index in [4.69, 9.17) is 0 Å². The lowest BCUT2D eigenvalue weighted by molar-refractivity contribution is -0.135. The van der Waals surface area contributed by atoms with Crippen LogP contribution in [0.3, 0.4) is 0 Å². The summed E-state index contributed by atoms with van der Waals surface area (Å²) >= 11 is 0. The summed E-state index contributed by atoms with van der Waals surface area (Å²) in [6, 6.07) is 14.0. The lowest BCUT2D eigenvalue weighted by Gasteiger charge is -2.15. The van der Waals surface area contributed by atoms with Gasteiger partial charge in [-0.15, -0.1) is 0 Å². The molecule has 5 rings (SSSR count). The Balaban J connectivity index is 1.92. The van der Waals surface area contributed by atoms with Gasteiger partial charge in [-0.25, -0.2) is 15.0 Å². The number of imidazole rings is 1. The van der Waals surface area contributed by atoms with Gasteiger partial charge in [-0.1, -0.05) is 35.9 Å². The van der Waals surface area contributed by atoms with Gasteiger partial charge in [0, 0.05) is 5.39 Å². The van der Waals surface area contributed by atoms with E-state index in [9.17, 15) is 13.2 Å². The van der Waals surface area contributed by atoms with Crippen LogP contribution in [0.2, 0.25) is 0 Å². The molecule has 0 aliphatic heterocycles. The van der Waals surface area contributed by atoms with Gasteiger partial charge in [0.15, 0.2) is 5.82 Å².